The molecule has 0 saturated heterocycles. The Morgan fingerprint density at radius 2 is 2.00 bits per heavy atom. The molecule has 0 unspecified atom stereocenters. The van der Waals surface area contributed by atoms with Crippen molar-refractivity contribution in [3.05, 3.63) is 18.1 Å². The lowest BCUT2D eigenvalue weighted by Gasteiger charge is -2.17. The van der Waals surface area contributed by atoms with E-state index in [1.54, 1.807) is 6.20 Å². The average molecular weight is 204 g/mol. The van der Waals surface area contributed by atoms with Gasteiger partial charge in [0.2, 0.25) is 0 Å². The Morgan fingerprint density at radius 1 is 1.33 bits per heavy atom. The third kappa shape index (κ3) is 1.56. The van der Waals surface area contributed by atoms with Crippen molar-refractivity contribution in [2.24, 2.45) is 7.05 Å². The van der Waals surface area contributed by atoms with Crippen molar-refractivity contribution in [2.45, 2.75) is 26.2 Å². The van der Waals surface area contributed by atoms with Crippen LogP contribution in [0.5, 0.6) is 0 Å². The quantitative estimate of drug-likeness (QED) is 0.712. The standard InChI is InChI=1S/C11H16N4/c1-11(2,3)10-14-7-6-13-9(12)5-8(7)15(10)4/h5-6H,1-4H3,(H2,12,13). The number of rotatable bonds is 0. The molecule has 2 N–H and O–H groups in total. The van der Waals surface area contributed by atoms with Crippen LogP contribution < -0.4 is 5.73 Å². The van der Waals surface area contributed by atoms with E-state index in [9.17, 15) is 0 Å². The van der Waals surface area contributed by atoms with E-state index >= 15 is 0 Å². The molecule has 0 amide bonds. The first-order valence-electron chi connectivity index (χ1n) is 4.98. The fraction of sp³-hybridized carbons (Fsp3) is 0.455. The van der Waals surface area contributed by atoms with Crippen molar-refractivity contribution in [3.63, 3.8) is 0 Å². The van der Waals surface area contributed by atoms with Crippen LogP contribution in [-0.2, 0) is 12.5 Å². The van der Waals surface area contributed by atoms with E-state index in [0.29, 0.717) is 5.82 Å². The first-order chi connectivity index (χ1) is 6.89. The molecule has 2 aromatic rings. The summed E-state index contributed by atoms with van der Waals surface area (Å²) in [4.78, 5) is 8.62. The molecule has 80 valence electrons. The molecule has 0 aliphatic rings. The second kappa shape index (κ2) is 2.95. The first-order valence-corrected chi connectivity index (χ1v) is 4.98. The minimum Gasteiger partial charge on any atom is -0.384 e. The highest BCUT2D eigenvalue weighted by molar-refractivity contribution is 5.77. The zero-order valence-electron chi connectivity index (χ0n) is 9.57. The van der Waals surface area contributed by atoms with Crippen molar-refractivity contribution in [2.75, 3.05) is 5.73 Å². The van der Waals surface area contributed by atoms with Gasteiger partial charge < -0.3 is 10.3 Å². The Balaban J connectivity index is 2.76. The maximum absolute atomic E-state index is 5.66. The van der Waals surface area contributed by atoms with Crippen LogP contribution in [0.15, 0.2) is 12.3 Å². The molecule has 2 heterocycles. The van der Waals surface area contributed by atoms with E-state index < -0.39 is 0 Å². The molecule has 2 rings (SSSR count). The molecule has 0 spiro atoms. The molecule has 0 saturated carbocycles. The molecular weight excluding hydrogens is 188 g/mol. The lowest BCUT2D eigenvalue weighted by Crippen LogP contribution is -2.17. The molecule has 0 fully saturated rings. The molecule has 0 aliphatic heterocycles. The zero-order valence-corrected chi connectivity index (χ0v) is 9.57. The summed E-state index contributed by atoms with van der Waals surface area (Å²) < 4.78 is 2.08. The van der Waals surface area contributed by atoms with E-state index in [1.165, 1.54) is 0 Å². The van der Waals surface area contributed by atoms with Crippen molar-refractivity contribution in [1.82, 2.24) is 14.5 Å². The summed E-state index contributed by atoms with van der Waals surface area (Å²) in [6.07, 6.45) is 1.72. The predicted octanol–water partition coefficient (Wildman–Crippen LogP) is 1.85. The molecule has 0 bridgehead atoms. The monoisotopic (exact) mass is 204 g/mol. The van der Waals surface area contributed by atoms with Crippen molar-refractivity contribution in [3.8, 4) is 0 Å². The van der Waals surface area contributed by atoms with Crippen LogP contribution in [0.3, 0.4) is 0 Å². The molecular formula is C11H16N4. The van der Waals surface area contributed by atoms with Gasteiger partial charge in [-0.25, -0.2) is 9.97 Å². The molecule has 2 aromatic heterocycles. The topological polar surface area (TPSA) is 56.7 Å². The van der Waals surface area contributed by atoms with E-state index in [4.69, 9.17) is 5.73 Å². The van der Waals surface area contributed by atoms with Crippen LogP contribution in [0.25, 0.3) is 11.0 Å². The molecule has 4 heteroatoms. The van der Waals surface area contributed by atoms with Gasteiger partial charge in [0.1, 0.15) is 17.2 Å². The lowest BCUT2D eigenvalue weighted by molar-refractivity contribution is 0.527. The summed E-state index contributed by atoms with van der Waals surface area (Å²) in [7, 11) is 2.01. The number of hydrogen-bond donors (Lipinski definition) is 1. The average Bonchev–Trinajstić information content (AvgIpc) is 2.43. The van der Waals surface area contributed by atoms with Gasteiger partial charge in [-0.2, -0.15) is 0 Å². The molecule has 0 aliphatic carbocycles. The van der Waals surface area contributed by atoms with Gasteiger partial charge in [-0.05, 0) is 0 Å². The maximum Gasteiger partial charge on any atom is 0.125 e. The maximum atomic E-state index is 5.66. The Bertz CT molecular complexity index is 505. The fourth-order valence-corrected chi connectivity index (χ4v) is 1.78. The highest BCUT2D eigenvalue weighted by Gasteiger charge is 2.21. The molecule has 0 radical (unpaired) electrons. The molecule has 15 heavy (non-hydrogen) atoms. The SMILES string of the molecule is Cn1c(C(C)(C)C)nc2cnc(N)cc21. The molecule has 0 aromatic carbocycles. The highest BCUT2D eigenvalue weighted by atomic mass is 15.1. The van der Waals surface area contributed by atoms with Gasteiger partial charge >= 0.3 is 0 Å². The minimum atomic E-state index is 0.0303. The number of pyridine rings is 1. The number of fused-ring (bicyclic) bond motifs is 1. The van der Waals surface area contributed by atoms with Gasteiger partial charge in [-0.1, -0.05) is 20.8 Å². The van der Waals surface area contributed by atoms with Crippen molar-refractivity contribution >= 4 is 16.9 Å². The second-order valence-electron chi connectivity index (χ2n) is 4.84. The minimum absolute atomic E-state index is 0.0303. The Kier molecular flexibility index (Phi) is 1.96. The number of aromatic nitrogens is 3. The Labute approximate surface area is 89.1 Å². The smallest absolute Gasteiger partial charge is 0.125 e. The highest BCUT2D eigenvalue weighted by Crippen LogP contribution is 2.25. The van der Waals surface area contributed by atoms with Gasteiger partial charge in [-0.15, -0.1) is 0 Å². The van der Waals surface area contributed by atoms with E-state index in [-0.39, 0.29) is 5.41 Å². The lowest BCUT2D eigenvalue weighted by atomic mass is 9.96. The van der Waals surface area contributed by atoms with Gasteiger partial charge in [0.05, 0.1) is 11.7 Å². The van der Waals surface area contributed by atoms with Crippen molar-refractivity contribution < 1.29 is 0 Å². The summed E-state index contributed by atoms with van der Waals surface area (Å²) >= 11 is 0. The molecule has 4 nitrogen and oxygen atoms in total. The number of nitrogen functional groups attached to an aromatic ring is 1. The summed E-state index contributed by atoms with van der Waals surface area (Å²) in [5.41, 5.74) is 7.62. The second-order valence-corrected chi connectivity index (χ2v) is 4.84. The zero-order chi connectivity index (χ0) is 11.2. The number of imidazole rings is 1. The van der Waals surface area contributed by atoms with Gasteiger partial charge in [0.25, 0.3) is 0 Å². The summed E-state index contributed by atoms with van der Waals surface area (Å²) in [6, 6.07) is 1.86. The number of nitrogens with two attached hydrogens (primary N) is 1. The number of aryl methyl sites for hydroxylation is 1. The Morgan fingerprint density at radius 3 is 2.60 bits per heavy atom. The van der Waals surface area contributed by atoms with Crippen LogP contribution in [0, 0.1) is 0 Å². The van der Waals surface area contributed by atoms with Crippen LogP contribution >= 0.6 is 0 Å². The summed E-state index contributed by atoms with van der Waals surface area (Å²) in [5, 5.41) is 0. The normalized spacial score (nSPS) is 12.3. The summed E-state index contributed by atoms with van der Waals surface area (Å²) in [6.45, 7) is 6.43. The number of hydrogen-bond acceptors (Lipinski definition) is 3. The van der Waals surface area contributed by atoms with Gasteiger partial charge in [0, 0.05) is 18.5 Å². The van der Waals surface area contributed by atoms with Gasteiger partial charge in [-0.3, -0.25) is 0 Å². The largest absolute Gasteiger partial charge is 0.384 e. The van der Waals surface area contributed by atoms with E-state index in [0.717, 1.165) is 16.9 Å². The van der Waals surface area contributed by atoms with Crippen LogP contribution in [-0.4, -0.2) is 14.5 Å². The Hall–Kier alpha value is -1.58. The number of anilines is 1. The first kappa shape index (κ1) is 9.96. The fourth-order valence-electron chi connectivity index (χ4n) is 1.78. The van der Waals surface area contributed by atoms with Crippen LogP contribution in [0.1, 0.15) is 26.6 Å². The third-order valence-corrected chi connectivity index (χ3v) is 2.46. The number of nitrogens with zero attached hydrogens (tertiary/aromatic N) is 3. The van der Waals surface area contributed by atoms with E-state index in [2.05, 4.69) is 35.3 Å². The van der Waals surface area contributed by atoms with Crippen molar-refractivity contribution in [1.29, 1.82) is 0 Å². The van der Waals surface area contributed by atoms with E-state index in [1.807, 2.05) is 13.1 Å². The predicted molar refractivity (Wildman–Crippen MR) is 61.6 cm³/mol. The van der Waals surface area contributed by atoms with Gasteiger partial charge in [0.15, 0.2) is 0 Å². The van der Waals surface area contributed by atoms with Crippen LogP contribution in [0.2, 0.25) is 0 Å². The third-order valence-electron chi connectivity index (χ3n) is 2.46. The summed E-state index contributed by atoms with van der Waals surface area (Å²) in [5.74, 6) is 1.58. The molecule has 0 atom stereocenters. The van der Waals surface area contributed by atoms with Crippen LogP contribution in [0.4, 0.5) is 5.82 Å².